The molecule has 0 atom stereocenters. The number of carbonyl (C=O) groups is 2. The minimum absolute atomic E-state index is 0.0790. The lowest BCUT2D eigenvalue weighted by Gasteiger charge is -2.23. The van der Waals surface area contributed by atoms with E-state index in [4.69, 9.17) is 9.47 Å². The average molecular weight is 503 g/mol. The van der Waals surface area contributed by atoms with E-state index < -0.39 is 0 Å². The highest BCUT2D eigenvalue weighted by molar-refractivity contribution is 8.02. The molecule has 0 unspecified atom stereocenters. The van der Waals surface area contributed by atoms with Crippen LogP contribution in [0.5, 0.6) is 11.5 Å². The first-order valence-corrected chi connectivity index (χ1v) is 14.1. The third kappa shape index (κ3) is 12.5. The lowest BCUT2D eigenvalue weighted by molar-refractivity contribution is -0.137. The number of benzene rings is 2. The summed E-state index contributed by atoms with van der Waals surface area (Å²) in [6.07, 6.45) is 2.78. The van der Waals surface area contributed by atoms with E-state index in [1.165, 1.54) is 0 Å². The smallest absolute Gasteiger partial charge is 0.311 e. The lowest BCUT2D eigenvalue weighted by atomic mass is 9.86. The van der Waals surface area contributed by atoms with Gasteiger partial charge in [-0.3, -0.25) is 9.59 Å². The summed E-state index contributed by atoms with van der Waals surface area (Å²) in [4.78, 5) is 24.4. The van der Waals surface area contributed by atoms with E-state index in [2.05, 4.69) is 27.7 Å². The molecule has 186 valence electrons. The van der Waals surface area contributed by atoms with Crippen molar-refractivity contribution in [2.24, 2.45) is 10.8 Å². The Labute approximate surface area is 213 Å². The predicted octanol–water partition coefficient (Wildman–Crippen LogP) is 7.28. The van der Waals surface area contributed by atoms with E-state index in [0.717, 1.165) is 35.9 Å². The van der Waals surface area contributed by atoms with Crippen molar-refractivity contribution < 1.29 is 19.1 Å². The van der Waals surface area contributed by atoms with Gasteiger partial charge in [0.05, 0.1) is 12.8 Å². The van der Waals surface area contributed by atoms with Gasteiger partial charge in [0.15, 0.2) is 0 Å². The van der Waals surface area contributed by atoms with Gasteiger partial charge in [-0.1, -0.05) is 64.1 Å². The molecule has 2 aromatic carbocycles. The number of carbonyl (C=O) groups excluding carboxylic acids is 2. The third-order valence-corrected chi connectivity index (χ3v) is 7.64. The van der Waals surface area contributed by atoms with Crippen LogP contribution in [0.2, 0.25) is 0 Å². The second-order valence-corrected chi connectivity index (χ2v) is 12.4. The zero-order valence-corrected chi connectivity index (χ0v) is 22.5. The summed E-state index contributed by atoms with van der Waals surface area (Å²) >= 11 is 3.87. The molecule has 0 amide bonds. The Morgan fingerprint density at radius 1 is 0.618 bits per heavy atom. The van der Waals surface area contributed by atoms with Crippen molar-refractivity contribution in [2.45, 2.75) is 53.4 Å². The van der Waals surface area contributed by atoms with Gasteiger partial charge in [-0.15, -0.1) is 0 Å². The van der Waals surface area contributed by atoms with Crippen LogP contribution in [0.4, 0.5) is 0 Å². The van der Waals surface area contributed by atoms with Crippen molar-refractivity contribution in [3.8, 4) is 11.5 Å². The molecular formula is C28H38O4S2. The number of rotatable bonds is 15. The van der Waals surface area contributed by atoms with Crippen LogP contribution < -0.4 is 9.47 Å². The molecule has 0 aliphatic heterocycles. The van der Waals surface area contributed by atoms with Crippen LogP contribution in [-0.2, 0) is 9.59 Å². The van der Waals surface area contributed by atoms with Gasteiger partial charge in [0.2, 0.25) is 0 Å². The van der Waals surface area contributed by atoms with Gasteiger partial charge in [-0.05, 0) is 59.4 Å². The van der Waals surface area contributed by atoms with Crippen molar-refractivity contribution in [1.29, 1.82) is 0 Å². The predicted molar refractivity (Wildman–Crippen MR) is 145 cm³/mol. The highest BCUT2D eigenvalue weighted by atomic mass is 32.2. The number of hydrogen-bond donors (Lipinski definition) is 0. The fourth-order valence-corrected chi connectivity index (χ4v) is 6.03. The normalized spacial score (nSPS) is 11.8. The summed E-state index contributed by atoms with van der Waals surface area (Å²) in [6.45, 7) is 8.50. The summed E-state index contributed by atoms with van der Waals surface area (Å²) in [7, 11) is 0. The lowest BCUT2D eigenvalue weighted by Crippen LogP contribution is -2.21. The minimum atomic E-state index is -0.174. The largest absolute Gasteiger partial charge is 0.427 e. The van der Waals surface area contributed by atoms with Crippen molar-refractivity contribution in [1.82, 2.24) is 0 Å². The van der Waals surface area contributed by atoms with Gasteiger partial charge in [0.1, 0.15) is 11.5 Å². The Hall–Kier alpha value is -1.92. The standard InChI is InChI=1S/C28H38O4S2/c1-27(2,21-25(29)31-23-11-7-5-8-12-23)15-17-33-19-20-34-18-16-28(3,4)22-26(30)32-24-13-9-6-10-14-24/h5-14H,15-22H2,1-4H3. The van der Waals surface area contributed by atoms with E-state index in [1.54, 1.807) is 24.3 Å². The van der Waals surface area contributed by atoms with Crippen molar-refractivity contribution in [3.05, 3.63) is 60.7 Å². The molecule has 0 heterocycles. The van der Waals surface area contributed by atoms with Gasteiger partial charge >= 0.3 is 11.9 Å². The first kappa shape index (κ1) is 28.3. The van der Waals surface area contributed by atoms with Crippen LogP contribution in [0.15, 0.2) is 60.7 Å². The maximum atomic E-state index is 12.2. The quantitative estimate of drug-likeness (QED) is 0.145. The molecule has 4 nitrogen and oxygen atoms in total. The van der Waals surface area contributed by atoms with Gasteiger partial charge in [-0.2, -0.15) is 23.5 Å². The number of esters is 2. The van der Waals surface area contributed by atoms with E-state index in [9.17, 15) is 9.59 Å². The molecule has 0 fully saturated rings. The Balaban J connectivity index is 1.52. The van der Waals surface area contributed by atoms with Crippen LogP contribution in [0.1, 0.15) is 53.4 Å². The zero-order chi connectivity index (χ0) is 24.9. The van der Waals surface area contributed by atoms with E-state index >= 15 is 0 Å². The fraction of sp³-hybridized carbons (Fsp3) is 0.500. The first-order valence-electron chi connectivity index (χ1n) is 11.8. The highest BCUT2D eigenvalue weighted by Gasteiger charge is 2.24. The van der Waals surface area contributed by atoms with Crippen molar-refractivity contribution in [2.75, 3.05) is 23.0 Å². The molecule has 0 bridgehead atoms. The van der Waals surface area contributed by atoms with Crippen LogP contribution in [0, 0.1) is 10.8 Å². The molecule has 0 aliphatic rings. The molecule has 0 radical (unpaired) electrons. The molecule has 0 saturated heterocycles. The van der Waals surface area contributed by atoms with E-state index in [1.807, 2.05) is 59.9 Å². The molecule has 34 heavy (non-hydrogen) atoms. The molecule has 0 aromatic heterocycles. The van der Waals surface area contributed by atoms with E-state index in [-0.39, 0.29) is 22.8 Å². The first-order chi connectivity index (χ1) is 16.2. The highest BCUT2D eigenvalue weighted by Crippen LogP contribution is 2.30. The fourth-order valence-electron chi connectivity index (χ4n) is 3.29. The molecule has 0 aliphatic carbocycles. The Kier molecular flexibility index (Phi) is 12.1. The number of hydrogen-bond acceptors (Lipinski definition) is 6. The second-order valence-electron chi connectivity index (χ2n) is 9.98. The maximum Gasteiger partial charge on any atom is 0.311 e. The summed E-state index contributed by atoms with van der Waals surface area (Å²) in [6, 6.07) is 18.5. The molecule has 0 N–H and O–H groups in total. The van der Waals surface area contributed by atoms with Gasteiger partial charge < -0.3 is 9.47 Å². The van der Waals surface area contributed by atoms with E-state index in [0.29, 0.717) is 24.3 Å². The van der Waals surface area contributed by atoms with Crippen LogP contribution in [-0.4, -0.2) is 35.0 Å². The summed E-state index contributed by atoms with van der Waals surface area (Å²) in [5.74, 6) is 5.10. The van der Waals surface area contributed by atoms with Crippen molar-refractivity contribution >= 4 is 35.5 Å². The monoisotopic (exact) mass is 502 g/mol. The van der Waals surface area contributed by atoms with Gasteiger partial charge in [0.25, 0.3) is 0 Å². The summed E-state index contributed by atoms with van der Waals surface area (Å²) in [5, 5.41) is 0. The Morgan fingerprint density at radius 2 is 0.971 bits per heavy atom. The summed E-state index contributed by atoms with van der Waals surface area (Å²) < 4.78 is 10.9. The Morgan fingerprint density at radius 3 is 1.32 bits per heavy atom. The Bertz CT molecular complexity index is 793. The molecule has 2 aromatic rings. The van der Waals surface area contributed by atoms with Crippen LogP contribution in [0.3, 0.4) is 0 Å². The topological polar surface area (TPSA) is 52.6 Å². The van der Waals surface area contributed by atoms with Gasteiger partial charge in [0, 0.05) is 11.5 Å². The van der Waals surface area contributed by atoms with Gasteiger partial charge in [-0.25, -0.2) is 0 Å². The number of para-hydroxylation sites is 2. The zero-order valence-electron chi connectivity index (χ0n) is 20.9. The maximum absolute atomic E-state index is 12.2. The molecule has 6 heteroatoms. The third-order valence-electron chi connectivity index (χ3n) is 5.41. The molecule has 0 saturated carbocycles. The SMILES string of the molecule is CC(C)(CCSCCSCCC(C)(C)CC(=O)Oc1ccccc1)CC(=O)Oc1ccccc1. The van der Waals surface area contributed by atoms with Crippen LogP contribution >= 0.6 is 23.5 Å². The molecule has 0 spiro atoms. The number of ether oxygens (including phenoxy) is 2. The minimum Gasteiger partial charge on any atom is -0.427 e. The van der Waals surface area contributed by atoms with Crippen molar-refractivity contribution in [3.63, 3.8) is 0 Å². The molecule has 2 rings (SSSR count). The number of thioether (sulfide) groups is 2. The van der Waals surface area contributed by atoms with Crippen LogP contribution in [0.25, 0.3) is 0 Å². The second kappa shape index (κ2) is 14.5. The average Bonchev–Trinajstić information content (AvgIpc) is 2.76. The summed E-state index contributed by atoms with van der Waals surface area (Å²) in [5.41, 5.74) is -0.158. The molecular weight excluding hydrogens is 464 g/mol.